The van der Waals surface area contributed by atoms with Crippen LogP contribution in [0.15, 0.2) is 48.7 Å². The van der Waals surface area contributed by atoms with E-state index in [-0.39, 0.29) is 24.1 Å². The SMILES string of the molecule is O=C(OC1CCCC1)c1ccc(NC(=O)N2CCC[C@H]2c2ccccn2)cc1. The second-order valence-electron chi connectivity index (χ2n) is 7.43. The first kappa shape index (κ1) is 18.5. The van der Waals surface area contributed by atoms with Crippen molar-refractivity contribution in [3.8, 4) is 0 Å². The molecule has 0 spiro atoms. The van der Waals surface area contributed by atoms with E-state index in [0.29, 0.717) is 17.8 Å². The van der Waals surface area contributed by atoms with Crippen molar-refractivity contribution in [2.45, 2.75) is 50.7 Å². The zero-order chi connectivity index (χ0) is 19.3. The van der Waals surface area contributed by atoms with Gasteiger partial charge in [-0.05, 0) is 74.9 Å². The zero-order valence-corrected chi connectivity index (χ0v) is 15.8. The summed E-state index contributed by atoms with van der Waals surface area (Å²) in [6, 6.07) is 12.5. The fourth-order valence-electron chi connectivity index (χ4n) is 4.00. The first-order valence-electron chi connectivity index (χ1n) is 10.0. The third-order valence-corrected chi connectivity index (χ3v) is 5.49. The Morgan fingerprint density at radius 2 is 1.79 bits per heavy atom. The van der Waals surface area contributed by atoms with E-state index < -0.39 is 0 Å². The lowest BCUT2D eigenvalue weighted by molar-refractivity contribution is 0.0318. The quantitative estimate of drug-likeness (QED) is 0.791. The Hall–Kier alpha value is -2.89. The number of nitrogens with one attached hydrogen (secondary N) is 1. The second kappa shape index (κ2) is 8.42. The number of carbonyl (C=O) groups excluding carboxylic acids is 2. The monoisotopic (exact) mass is 379 g/mol. The minimum Gasteiger partial charge on any atom is -0.459 e. The lowest BCUT2D eigenvalue weighted by Crippen LogP contribution is -2.34. The molecule has 2 aromatic rings. The molecule has 1 atom stereocenters. The normalized spacial score (nSPS) is 19.6. The minimum absolute atomic E-state index is 0.00172. The van der Waals surface area contributed by atoms with Gasteiger partial charge in [0, 0.05) is 18.4 Å². The van der Waals surface area contributed by atoms with Crippen LogP contribution in [0.4, 0.5) is 10.5 Å². The van der Waals surface area contributed by atoms with E-state index in [9.17, 15) is 9.59 Å². The summed E-state index contributed by atoms with van der Waals surface area (Å²) in [7, 11) is 0. The molecule has 1 aliphatic heterocycles. The van der Waals surface area contributed by atoms with E-state index in [4.69, 9.17) is 4.74 Å². The van der Waals surface area contributed by atoms with Crippen LogP contribution in [-0.2, 0) is 4.74 Å². The van der Waals surface area contributed by atoms with Gasteiger partial charge in [0.15, 0.2) is 0 Å². The predicted molar refractivity (Wildman–Crippen MR) is 106 cm³/mol. The highest BCUT2D eigenvalue weighted by atomic mass is 16.5. The van der Waals surface area contributed by atoms with Crippen LogP contribution in [0.25, 0.3) is 0 Å². The molecule has 1 saturated carbocycles. The highest BCUT2D eigenvalue weighted by molar-refractivity contribution is 5.92. The Bertz CT molecular complexity index is 817. The van der Waals surface area contributed by atoms with Crippen LogP contribution < -0.4 is 5.32 Å². The van der Waals surface area contributed by atoms with E-state index in [1.165, 1.54) is 0 Å². The average molecular weight is 379 g/mol. The predicted octanol–water partition coefficient (Wildman–Crippen LogP) is 4.55. The molecule has 0 unspecified atom stereocenters. The maximum atomic E-state index is 12.7. The smallest absolute Gasteiger partial charge is 0.338 e. The van der Waals surface area contributed by atoms with Crippen LogP contribution in [0.2, 0.25) is 0 Å². The van der Waals surface area contributed by atoms with Gasteiger partial charge in [0.05, 0.1) is 17.3 Å². The van der Waals surface area contributed by atoms with Crippen molar-refractivity contribution >= 4 is 17.7 Å². The molecule has 6 nitrogen and oxygen atoms in total. The summed E-state index contributed by atoms with van der Waals surface area (Å²) in [6.07, 6.45) is 7.83. The van der Waals surface area contributed by atoms with Crippen LogP contribution in [0, 0.1) is 0 Å². The highest BCUT2D eigenvalue weighted by Gasteiger charge is 2.30. The summed E-state index contributed by atoms with van der Waals surface area (Å²) in [5, 5.41) is 2.93. The van der Waals surface area contributed by atoms with Gasteiger partial charge in [-0.25, -0.2) is 9.59 Å². The molecule has 2 aliphatic rings. The van der Waals surface area contributed by atoms with Crippen molar-refractivity contribution in [1.82, 2.24) is 9.88 Å². The van der Waals surface area contributed by atoms with Crippen molar-refractivity contribution in [2.75, 3.05) is 11.9 Å². The molecule has 2 amide bonds. The molecule has 2 heterocycles. The zero-order valence-electron chi connectivity index (χ0n) is 15.8. The van der Waals surface area contributed by atoms with Crippen LogP contribution in [0.3, 0.4) is 0 Å². The molecule has 1 aromatic carbocycles. The summed E-state index contributed by atoms with van der Waals surface area (Å²) in [4.78, 5) is 31.2. The van der Waals surface area contributed by atoms with Gasteiger partial charge in [-0.3, -0.25) is 4.98 Å². The number of likely N-dealkylation sites (tertiary alicyclic amines) is 1. The van der Waals surface area contributed by atoms with E-state index >= 15 is 0 Å². The fourth-order valence-corrected chi connectivity index (χ4v) is 4.00. The van der Waals surface area contributed by atoms with Gasteiger partial charge < -0.3 is 15.0 Å². The number of amides is 2. The third-order valence-electron chi connectivity index (χ3n) is 5.49. The standard InChI is InChI=1S/C22H25N3O3/c26-21(28-18-6-1-2-7-18)16-10-12-17(13-11-16)24-22(27)25-15-5-9-20(25)19-8-3-4-14-23-19/h3-4,8,10-14,18,20H,1-2,5-7,9,15H2,(H,24,27)/t20-/m0/s1. The molecule has 1 saturated heterocycles. The molecule has 1 aliphatic carbocycles. The lowest BCUT2D eigenvalue weighted by Gasteiger charge is -2.24. The number of hydrogen-bond acceptors (Lipinski definition) is 4. The van der Waals surface area contributed by atoms with Crippen molar-refractivity contribution in [3.63, 3.8) is 0 Å². The Kier molecular flexibility index (Phi) is 5.55. The Morgan fingerprint density at radius 3 is 2.50 bits per heavy atom. The Labute approximate surface area is 164 Å². The van der Waals surface area contributed by atoms with Crippen molar-refractivity contribution in [2.24, 2.45) is 0 Å². The molecule has 1 aromatic heterocycles. The first-order valence-corrected chi connectivity index (χ1v) is 10.0. The van der Waals surface area contributed by atoms with Crippen molar-refractivity contribution in [1.29, 1.82) is 0 Å². The van der Waals surface area contributed by atoms with Crippen molar-refractivity contribution in [3.05, 3.63) is 59.9 Å². The largest absolute Gasteiger partial charge is 0.459 e. The molecule has 146 valence electrons. The van der Waals surface area contributed by atoms with Crippen molar-refractivity contribution < 1.29 is 14.3 Å². The van der Waals surface area contributed by atoms with Gasteiger partial charge in [0.25, 0.3) is 0 Å². The number of benzene rings is 1. The number of carbonyl (C=O) groups is 2. The number of urea groups is 1. The highest BCUT2D eigenvalue weighted by Crippen LogP contribution is 2.31. The summed E-state index contributed by atoms with van der Waals surface area (Å²) >= 11 is 0. The van der Waals surface area contributed by atoms with E-state index in [2.05, 4.69) is 10.3 Å². The van der Waals surface area contributed by atoms with Gasteiger partial charge in [-0.2, -0.15) is 0 Å². The van der Waals surface area contributed by atoms with E-state index in [1.807, 2.05) is 23.1 Å². The summed E-state index contributed by atoms with van der Waals surface area (Å²) in [5.41, 5.74) is 2.09. The number of ether oxygens (including phenoxy) is 1. The molecule has 2 fully saturated rings. The number of hydrogen-bond donors (Lipinski definition) is 1. The molecule has 0 radical (unpaired) electrons. The molecular weight excluding hydrogens is 354 g/mol. The molecule has 6 heteroatoms. The lowest BCUT2D eigenvalue weighted by atomic mass is 10.1. The minimum atomic E-state index is -0.292. The summed E-state index contributed by atoms with van der Waals surface area (Å²) in [6.45, 7) is 0.707. The molecular formula is C22H25N3O3. The van der Waals surface area contributed by atoms with Crippen LogP contribution in [0.1, 0.15) is 60.6 Å². The fraction of sp³-hybridized carbons (Fsp3) is 0.409. The maximum absolute atomic E-state index is 12.7. The van der Waals surface area contributed by atoms with Gasteiger partial charge in [0.1, 0.15) is 6.10 Å². The molecule has 28 heavy (non-hydrogen) atoms. The Balaban J connectivity index is 1.37. The molecule has 1 N–H and O–H groups in total. The first-order chi connectivity index (χ1) is 13.7. The summed E-state index contributed by atoms with van der Waals surface area (Å²) in [5.74, 6) is -0.292. The number of rotatable bonds is 4. The van der Waals surface area contributed by atoms with Gasteiger partial charge >= 0.3 is 12.0 Å². The van der Waals surface area contributed by atoms with Gasteiger partial charge in [0.2, 0.25) is 0 Å². The number of aromatic nitrogens is 1. The topological polar surface area (TPSA) is 71.5 Å². The van der Waals surface area contributed by atoms with Gasteiger partial charge in [-0.1, -0.05) is 6.07 Å². The average Bonchev–Trinajstić information content (AvgIpc) is 3.41. The number of esters is 1. The summed E-state index contributed by atoms with van der Waals surface area (Å²) < 4.78 is 5.52. The number of pyridine rings is 1. The second-order valence-corrected chi connectivity index (χ2v) is 7.43. The van der Waals surface area contributed by atoms with Crippen LogP contribution in [-0.4, -0.2) is 34.5 Å². The van der Waals surface area contributed by atoms with Gasteiger partial charge in [-0.15, -0.1) is 0 Å². The Morgan fingerprint density at radius 1 is 1.00 bits per heavy atom. The van der Waals surface area contributed by atoms with E-state index in [1.54, 1.807) is 30.5 Å². The maximum Gasteiger partial charge on any atom is 0.338 e. The molecule has 0 bridgehead atoms. The van der Waals surface area contributed by atoms with Crippen LogP contribution in [0.5, 0.6) is 0 Å². The molecule has 4 rings (SSSR count). The number of anilines is 1. The van der Waals surface area contributed by atoms with E-state index in [0.717, 1.165) is 44.2 Å². The van der Waals surface area contributed by atoms with Crippen LogP contribution >= 0.6 is 0 Å². The number of nitrogens with zero attached hydrogens (tertiary/aromatic N) is 2. The third kappa shape index (κ3) is 4.16.